The molecule has 1 saturated heterocycles. The molecular formula is C23H24F2N2O3. The van der Waals surface area contributed by atoms with Gasteiger partial charge in [0, 0.05) is 24.3 Å². The van der Waals surface area contributed by atoms with Gasteiger partial charge in [-0.25, -0.2) is 8.78 Å². The van der Waals surface area contributed by atoms with E-state index >= 15 is 0 Å². The fourth-order valence-corrected chi connectivity index (χ4v) is 4.85. The zero-order valence-corrected chi connectivity index (χ0v) is 16.5. The van der Waals surface area contributed by atoms with Crippen LogP contribution in [0, 0.1) is 23.0 Å². The minimum atomic E-state index is -0.710. The highest BCUT2D eigenvalue weighted by atomic mass is 19.1. The Morgan fingerprint density at radius 3 is 2.60 bits per heavy atom. The van der Waals surface area contributed by atoms with Crippen LogP contribution < -0.4 is 10.2 Å². The van der Waals surface area contributed by atoms with Crippen molar-refractivity contribution in [1.82, 2.24) is 5.32 Å². The summed E-state index contributed by atoms with van der Waals surface area (Å²) in [4.78, 5) is 27.1. The van der Waals surface area contributed by atoms with Gasteiger partial charge in [-0.1, -0.05) is 12.1 Å². The van der Waals surface area contributed by atoms with Crippen molar-refractivity contribution in [1.29, 1.82) is 0 Å². The zero-order valence-electron chi connectivity index (χ0n) is 16.5. The largest absolute Gasteiger partial charge is 0.393 e. The van der Waals surface area contributed by atoms with Crippen molar-refractivity contribution >= 4 is 17.5 Å². The summed E-state index contributed by atoms with van der Waals surface area (Å²) >= 11 is 0. The summed E-state index contributed by atoms with van der Waals surface area (Å²) in [5.74, 6) is -1.45. The molecule has 158 valence electrons. The van der Waals surface area contributed by atoms with E-state index < -0.39 is 23.2 Å². The average Bonchev–Trinajstić information content (AvgIpc) is 3.01. The molecule has 1 heterocycles. The third kappa shape index (κ3) is 4.07. The van der Waals surface area contributed by atoms with Crippen molar-refractivity contribution in [3.05, 3.63) is 65.7 Å². The molecule has 1 saturated carbocycles. The highest BCUT2D eigenvalue weighted by Gasteiger charge is 2.51. The molecule has 2 aliphatic rings. The molecule has 0 bridgehead atoms. The van der Waals surface area contributed by atoms with Crippen LogP contribution in [0.15, 0.2) is 48.5 Å². The second-order valence-corrected chi connectivity index (χ2v) is 8.35. The second kappa shape index (κ2) is 8.14. The Morgan fingerprint density at radius 2 is 1.87 bits per heavy atom. The Bertz CT molecular complexity index is 967. The molecule has 1 aliphatic carbocycles. The summed E-state index contributed by atoms with van der Waals surface area (Å²) in [7, 11) is 0. The summed E-state index contributed by atoms with van der Waals surface area (Å²) in [6.07, 6.45) is 1.32. The molecule has 2 N–H and O–H groups in total. The molecule has 0 aromatic heterocycles. The van der Waals surface area contributed by atoms with Gasteiger partial charge in [0.25, 0.3) is 5.91 Å². The van der Waals surface area contributed by atoms with E-state index in [4.69, 9.17) is 0 Å². The highest BCUT2D eigenvalue weighted by Crippen LogP contribution is 2.47. The van der Waals surface area contributed by atoms with Crippen LogP contribution in [0.2, 0.25) is 0 Å². The number of nitrogens with one attached hydrogen (secondary N) is 1. The lowest BCUT2D eigenvalue weighted by atomic mass is 9.67. The van der Waals surface area contributed by atoms with Crippen LogP contribution >= 0.6 is 0 Å². The van der Waals surface area contributed by atoms with Crippen molar-refractivity contribution in [2.75, 3.05) is 18.0 Å². The number of aliphatic hydroxyl groups is 1. The number of anilines is 1. The summed E-state index contributed by atoms with van der Waals surface area (Å²) in [6.45, 7) is 0.763. The summed E-state index contributed by atoms with van der Waals surface area (Å²) in [5.41, 5.74) is 0.0429. The van der Waals surface area contributed by atoms with Crippen molar-refractivity contribution < 1.29 is 23.5 Å². The van der Waals surface area contributed by atoms with E-state index in [1.807, 2.05) is 0 Å². The maximum absolute atomic E-state index is 13.6. The number of halogens is 2. The number of carbonyl (C=O) groups is 2. The van der Waals surface area contributed by atoms with Crippen LogP contribution in [-0.2, 0) is 4.79 Å². The van der Waals surface area contributed by atoms with Crippen LogP contribution in [0.3, 0.4) is 0 Å². The van der Waals surface area contributed by atoms with Gasteiger partial charge in [-0.05, 0) is 68.0 Å². The first-order chi connectivity index (χ1) is 14.4. The molecule has 7 heteroatoms. The van der Waals surface area contributed by atoms with Gasteiger partial charge in [0.1, 0.15) is 11.6 Å². The third-order valence-corrected chi connectivity index (χ3v) is 6.18. The molecule has 4 rings (SSSR count). The molecule has 0 unspecified atom stereocenters. The lowest BCUT2D eigenvalue weighted by molar-refractivity contribution is -0.130. The van der Waals surface area contributed by atoms with E-state index in [2.05, 4.69) is 5.32 Å². The predicted octanol–water partition coefficient (Wildman–Crippen LogP) is 3.28. The molecule has 2 aromatic rings. The van der Waals surface area contributed by atoms with Crippen molar-refractivity contribution in [2.45, 2.75) is 31.8 Å². The lowest BCUT2D eigenvalue weighted by Gasteiger charge is -2.39. The standard InChI is InChI=1S/C23H24F2N2O3/c24-17-4-1-3-16(10-17)21(29)26-14-15-9-20(28)13-23(12-15)7-8-27(22(23)30)19-6-2-5-18(25)11-19/h1-6,10-11,15,20,28H,7-9,12-14H2,(H,26,29)/t15-,20-,23-/m1/s1. The molecule has 2 fully saturated rings. The molecule has 2 amide bonds. The Labute approximate surface area is 173 Å². The van der Waals surface area contributed by atoms with Gasteiger partial charge in [-0.15, -0.1) is 0 Å². The number of rotatable bonds is 4. The predicted molar refractivity (Wildman–Crippen MR) is 108 cm³/mol. The number of hydrogen-bond donors (Lipinski definition) is 2. The zero-order chi connectivity index (χ0) is 21.3. The molecule has 5 nitrogen and oxygen atoms in total. The van der Waals surface area contributed by atoms with E-state index in [1.54, 1.807) is 17.0 Å². The van der Waals surface area contributed by atoms with Gasteiger partial charge in [0.2, 0.25) is 5.91 Å². The Hall–Kier alpha value is -2.80. The number of hydrogen-bond acceptors (Lipinski definition) is 3. The molecule has 1 aliphatic heterocycles. The van der Waals surface area contributed by atoms with Crippen LogP contribution in [0.25, 0.3) is 0 Å². The topological polar surface area (TPSA) is 69.6 Å². The minimum absolute atomic E-state index is 0.0809. The number of benzene rings is 2. The third-order valence-electron chi connectivity index (χ3n) is 6.18. The smallest absolute Gasteiger partial charge is 0.251 e. The van der Waals surface area contributed by atoms with Gasteiger partial charge in [0.15, 0.2) is 0 Å². The second-order valence-electron chi connectivity index (χ2n) is 8.35. The number of nitrogens with zero attached hydrogens (tertiary/aromatic N) is 1. The van der Waals surface area contributed by atoms with Crippen LogP contribution in [0.1, 0.15) is 36.0 Å². The van der Waals surface area contributed by atoms with Gasteiger partial charge in [-0.2, -0.15) is 0 Å². The van der Waals surface area contributed by atoms with E-state index in [9.17, 15) is 23.5 Å². The van der Waals surface area contributed by atoms with Crippen LogP contribution in [0.5, 0.6) is 0 Å². The molecule has 3 atom stereocenters. The summed E-state index contributed by atoms with van der Waals surface area (Å²) in [6, 6.07) is 11.4. The van der Waals surface area contributed by atoms with E-state index in [0.29, 0.717) is 44.5 Å². The first-order valence-corrected chi connectivity index (χ1v) is 10.2. The van der Waals surface area contributed by atoms with E-state index in [0.717, 1.165) is 0 Å². The van der Waals surface area contributed by atoms with Gasteiger partial charge >= 0.3 is 0 Å². The number of amides is 2. The maximum atomic E-state index is 13.6. The van der Waals surface area contributed by atoms with Gasteiger partial charge in [-0.3, -0.25) is 9.59 Å². The summed E-state index contributed by atoms with van der Waals surface area (Å²) in [5, 5.41) is 13.2. The van der Waals surface area contributed by atoms with Crippen molar-refractivity contribution in [2.24, 2.45) is 11.3 Å². The van der Waals surface area contributed by atoms with E-state index in [1.165, 1.54) is 36.4 Å². The van der Waals surface area contributed by atoms with Crippen molar-refractivity contribution in [3.63, 3.8) is 0 Å². The van der Waals surface area contributed by atoms with Crippen LogP contribution in [0.4, 0.5) is 14.5 Å². The van der Waals surface area contributed by atoms with Crippen molar-refractivity contribution in [3.8, 4) is 0 Å². The Morgan fingerprint density at radius 1 is 1.13 bits per heavy atom. The first kappa shape index (κ1) is 20.5. The van der Waals surface area contributed by atoms with E-state index in [-0.39, 0.29) is 23.3 Å². The number of carbonyl (C=O) groups excluding carboxylic acids is 2. The molecule has 1 spiro atoms. The minimum Gasteiger partial charge on any atom is -0.393 e. The molecule has 2 aromatic carbocycles. The van der Waals surface area contributed by atoms with Gasteiger partial charge in [0.05, 0.1) is 11.5 Å². The van der Waals surface area contributed by atoms with Crippen LogP contribution in [-0.4, -0.2) is 36.1 Å². The number of aliphatic hydroxyl groups excluding tert-OH is 1. The monoisotopic (exact) mass is 414 g/mol. The summed E-state index contributed by atoms with van der Waals surface area (Å²) < 4.78 is 26.9. The molecule has 0 radical (unpaired) electrons. The molecular weight excluding hydrogens is 390 g/mol. The lowest BCUT2D eigenvalue weighted by Crippen LogP contribution is -2.45. The highest BCUT2D eigenvalue weighted by molar-refractivity contribution is 6.00. The Balaban J connectivity index is 1.44. The molecule has 30 heavy (non-hydrogen) atoms. The first-order valence-electron chi connectivity index (χ1n) is 10.2. The Kier molecular flexibility index (Phi) is 5.56. The SMILES string of the molecule is O=C(NC[C@@H]1C[C@@H](O)C[C@@]2(CCN(c3cccc(F)c3)C2=O)C1)c1cccc(F)c1. The fourth-order valence-electron chi connectivity index (χ4n) is 4.85. The normalized spacial score (nSPS) is 26.2. The fraction of sp³-hybridized carbons (Fsp3) is 0.391. The maximum Gasteiger partial charge on any atom is 0.251 e. The quantitative estimate of drug-likeness (QED) is 0.807. The average molecular weight is 414 g/mol. The van der Waals surface area contributed by atoms with Gasteiger partial charge < -0.3 is 15.3 Å².